The molecule has 1 aromatic carbocycles. The Labute approximate surface area is 200 Å². The number of aliphatic carboxylic acids is 4. The van der Waals surface area contributed by atoms with Crippen molar-refractivity contribution < 1.29 is 39.6 Å². The molecule has 0 atom stereocenters. The van der Waals surface area contributed by atoms with Crippen LogP contribution < -0.4 is 26.2 Å². The molecule has 0 radical (unpaired) electrons. The van der Waals surface area contributed by atoms with Crippen LogP contribution in [0.15, 0.2) is 36.4 Å². The van der Waals surface area contributed by atoms with E-state index in [1.165, 1.54) is 12.1 Å². The molecule has 0 amide bonds. The Morgan fingerprint density at radius 1 is 0.686 bits per heavy atom. The number of benzene rings is 1. The largest absolute Gasteiger partial charge is 0.549 e. The van der Waals surface area contributed by atoms with Gasteiger partial charge in [-0.3, -0.25) is 14.8 Å². The van der Waals surface area contributed by atoms with Gasteiger partial charge < -0.3 is 45.3 Å². The molecule has 2 N–H and O–H groups in total. The Balaban J connectivity index is 2.43. The highest BCUT2D eigenvalue weighted by Crippen LogP contribution is 2.12. The number of carbonyl (C=O) groups is 4. The van der Waals surface area contributed by atoms with Gasteiger partial charge in [-0.15, -0.1) is 0 Å². The monoisotopic (exact) mass is 480 g/mol. The fourth-order valence-corrected chi connectivity index (χ4v) is 3.12. The van der Waals surface area contributed by atoms with Gasteiger partial charge in [-0.25, -0.2) is 0 Å². The second kappa shape index (κ2) is 12.7. The SMILES string of the molecule is Nc1ccc(C#Cc2cc(CN(CC(=O)[O-])CC(=O)[O-])nc(CN(CC(=O)[O-])CC(=O)[O-])c2)cc1. The lowest BCUT2D eigenvalue weighted by atomic mass is 10.1. The summed E-state index contributed by atoms with van der Waals surface area (Å²) in [6.07, 6.45) is 0. The van der Waals surface area contributed by atoms with Gasteiger partial charge in [-0.1, -0.05) is 11.8 Å². The minimum atomic E-state index is -1.51. The van der Waals surface area contributed by atoms with Gasteiger partial charge in [0.15, 0.2) is 0 Å². The van der Waals surface area contributed by atoms with Crippen LogP contribution >= 0.6 is 0 Å². The highest BCUT2D eigenvalue weighted by molar-refractivity contribution is 5.70. The molecule has 0 aliphatic rings. The number of anilines is 1. The second-order valence-corrected chi connectivity index (χ2v) is 7.49. The zero-order chi connectivity index (χ0) is 26.0. The van der Waals surface area contributed by atoms with E-state index in [9.17, 15) is 39.6 Å². The molecule has 1 heterocycles. The lowest BCUT2D eigenvalue weighted by Gasteiger charge is -2.24. The van der Waals surface area contributed by atoms with Crippen molar-refractivity contribution in [3.05, 3.63) is 58.9 Å². The van der Waals surface area contributed by atoms with E-state index in [-0.39, 0.29) is 24.5 Å². The highest BCUT2D eigenvalue weighted by Gasteiger charge is 2.13. The molecule has 35 heavy (non-hydrogen) atoms. The van der Waals surface area contributed by atoms with Gasteiger partial charge >= 0.3 is 0 Å². The number of carboxylic acid groups (broad SMARTS) is 4. The van der Waals surface area contributed by atoms with E-state index in [2.05, 4.69) is 16.8 Å². The predicted octanol–water partition coefficient (Wildman–Crippen LogP) is -5.33. The third-order valence-corrected chi connectivity index (χ3v) is 4.38. The molecule has 0 unspecified atom stereocenters. The molecule has 12 heteroatoms. The molecular weight excluding hydrogens is 460 g/mol. The van der Waals surface area contributed by atoms with Gasteiger partial charge in [0.1, 0.15) is 0 Å². The number of nitrogens with two attached hydrogens (primary N) is 1. The number of carboxylic acids is 4. The first-order valence-electron chi connectivity index (χ1n) is 10.1. The predicted molar refractivity (Wildman–Crippen MR) is 112 cm³/mol. The van der Waals surface area contributed by atoms with E-state index in [0.717, 1.165) is 9.80 Å². The van der Waals surface area contributed by atoms with Crippen molar-refractivity contribution in [1.82, 2.24) is 14.8 Å². The Kier molecular flexibility index (Phi) is 9.71. The van der Waals surface area contributed by atoms with E-state index in [0.29, 0.717) is 16.8 Å². The molecule has 2 rings (SSSR count). The average Bonchev–Trinajstić information content (AvgIpc) is 2.71. The van der Waals surface area contributed by atoms with Crippen LogP contribution in [0.1, 0.15) is 22.5 Å². The van der Waals surface area contributed by atoms with Crippen LogP contribution in [-0.2, 0) is 32.3 Å². The number of carbonyl (C=O) groups excluding carboxylic acids is 4. The van der Waals surface area contributed by atoms with Crippen molar-refractivity contribution in [2.75, 3.05) is 31.9 Å². The average molecular weight is 480 g/mol. The standard InChI is InChI=1S/C23H24N4O8/c24-17-5-3-15(4-6-17)1-2-16-7-18(9-26(11-20(28)29)12-21(30)31)25-19(8-16)10-27(13-22(32)33)14-23(34)35/h3-8H,9-14,24H2,(H,28,29)(H,30,31)(H,32,33)(H,34,35)/p-4. The molecule has 12 nitrogen and oxygen atoms in total. The van der Waals surface area contributed by atoms with Crippen LogP contribution in [0.4, 0.5) is 5.69 Å². The van der Waals surface area contributed by atoms with Gasteiger partial charge in [-0.2, -0.15) is 0 Å². The van der Waals surface area contributed by atoms with Crippen LogP contribution in [0.25, 0.3) is 0 Å². The van der Waals surface area contributed by atoms with Crippen LogP contribution in [0, 0.1) is 11.8 Å². The molecule has 0 saturated carbocycles. The van der Waals surface area contributed by atoms with Crippen molar-refractivity contribution in [2.24, 2.45) is 0 Å². The first-order valence-corrected chi connectivity index (χ1v) is 10.1. The maximum absolute atomic E-state index is 11.0. The molecule has 0 saturated heterocycles. The first-order chi connectivity index (χ1) is 16.5. The number of hydrogen-bond donors (Lipinski definition) is 1. The smallest absolute Gasteiger partial charge is 0.0560 e. The van der Waals surface area contributed by atoms with Gasteiger partial charge in [0.2, 0.25) is 0 Å². The molecular formula is C23H20N4O8-4. The van der Waals surface area contributed by atoms with Gasteiger partial charge in [0.05, 0.1) is 35.3 Å². The molecule has 0 fully saturated rings. The Hall–Kier alpha value is -4.47. The lowest BCUT2D eigenvalue weighted by molar-refractivity contribution is -0.313. The van der Waals surface area contributed by atoms with Gasteiger partial charge in [0.25, 0.3) is 0 Å². The minimum absolute atomic E-state index is 0.202. The summed E-state index contributed by atoms with van der Waals surface area (Å²) in [6, 6.07) is 9.68. The Bertz CT molecular complexity index is 1070. The summed E-state index contributed by atoms with van der Waals surface area (Å²) in [4.78, 5) is 50.3. The quantitative estimate of drug-likeness (QED) is 0.223. The molecule has 1 aromatic heterocycles. The maximum atomic E-state index is 11.0. The van der Waals surface area contributed by atoms with Crippen LogP contribution in [0.2, 0.25) is 0 Å². The summed E-state index contributed by atoms with van der Waals surface area (Å²) >= 11 is 0. The number of hydrogen-bond acceptors (Lipinski definition) is 12. The zero-order valence-electron chi connectivity index (χ0n) is 18.4. The van der Waals surface area contributed by atoms with E-state index < -0.39 is 50.1 Å². The maximum Gasteiger partial charge on any atom is 0.0560 e. The van der Waals surface area contributed by atoms with E-state index >= 15 is 0 Å². The third-order valence-electron chi connectivity index (χ3n) is 4.38. The number of pyridine rings is 1. The Morgan fingerprint density at radius 2 is 1.06 bits per heavy atom. The third kappa shape index (κ3) is 10.3. The normalized spacial score (nSPS) is 10.6. The number of nitrogen functional groups attached to an aromatic ring is 1. The Morgan fingerprint density at radius 3 is 1.43 bits per heavy atom. The molecule has 0 bridgehead atoms. The first kappa shape index (κ1) is 26.8. The molecule has 2 aromatic rings. The molecule has 0 aliphatic heterocycles. The summed E-state index contributed by atoms with van der Waals surface area (Å²) < 4.78 is 0. The topological polar surface area (TPSA) is 206 Å². The van der Waals surface area contributed by atoms with E-state index in [1.807, 2.05) is 0 Å². The van der Waals surface area contributed by atoms with Crippen LogP contribution in [-0.4, -0.2) is 64.8 Å². The van der Waals surface area contributed by atoms with Gasteiger partial charge in [-0.05, 0) is 36.4 Å². The molecule has 184 valence electrons. The zero-order valence-corrected chi connectivity index (χ0v) is 18.4. The number of rotatable bonds is 12. The van der Waals surface area contributed by atoms with Crippen LogP contribution in [0.5, 0.6) is 0 Å². The van der Waals surface area contributed by atoms with Gasteiger partial charge in [0, 0.05) is 56.1 Å². The summed E-state index contributed by atoms with van der Waals surface area (Å²) in [6.45, 7) is -3.34. The minimum Gasteiger partial charge on any atom is -0.549 e. The summed E-state index contributed by atoms with van der Waals surface area (Å²) in [5, 5.41) is 44.0. The fraction of sp³-hybridized carbons (Fsp3) is 0.261. The van der Waals surface area contributed by atoms with E-state index in [1.54, 1.807) is 24.3 Å². The second-order valence-electron chi connectivity index (χ2n) is 7.49. The van der Waals surface area contributed by atoms with Crippen molar-refractivity contribution in [3.63, 3.8) is 0 Å². The van der Waals surface area contributed by atoms with E-state index in [4.69, 9.17) is 5.73 Å². The van der Waals surface area contributed by atoms with Crippen molar-refractivity contribution >= 4 is 29.6 Å². The van der Waals surface area contributed by atoms with Crippen molar-refractivity contribution in [3.8, 4) is 11.8 Å². The molecule has 0 spiro atoms. The van der Waals surface area contributed by atoms with Crippen LogP contribution in [0.3, 0.4) is 0 Å². The van der Waals surface area contributed by atoms with Crippen molar-refractivity contribution in [2.45, 2.75) is 13.1 Å². The van der Waals surface area contributed by atoms with Crippen molar-refractivity contribution in [1.29, 1.82) is 0 Å². The summed E-state index contributed by atoms with van der Waals surface area (Å²) in [7, 11) is 0. The number of nitrogens with zero attached hydrogens (tertiary/aromatic N) is 3. The lowest BCUT2D eigenvalue weighted by Crippen LogP contribution is -2.44. The summed E-state index contributed by atoms with van der Waals surface area (Å²) in [5.41, 5.74) is 7.61. The number of aromatic nitrogens is 1. The highest BCUT2D eigenvalue weighted by atomic mass is 16.4. The summed E-state index contributed by atoms with van der Waals surface area (Å²) in [5.74, 6) is -0.267. The molecule has 0 aliphatic carbocycles. The fourth-order valence-electron chi connectivity index (χ4n) is 3.12.